The molecule has 2 nitrogen and oxygen atoms in total. The Morgan fingerprint density at radius 3 is 2.74 bits per heavy atom. The van der Waals surface area contributed by atoms with Crippen LogP contribution in [0.15, 0.2) is 42.5 Å². The Morgan fingerprint density at radius 2 is 1.96 bits per heavy atom. The molecule has 1 heterocycles. The van der Waals surface area contributed by atoms with Crippen LogP contribution >= 0.6 is 33.9 Å². The van der Waals surface area contributed by atoms with Gasteiger partial charge in [-0.2, -0.15) is 0 Å². The summed E-state index contributed by atoms with van der Waals surface area (Å²) >= 11 is 4.27. The van der Waals surface area contributed by atoms with Gasteiger partial charge in [-0.05, 0) is 55.9 Å². The summed E-state index contributed by atoms with van der Waals surface area (Å²) in [7, 11) is 0. The maximum Gasteiger partial charge on any atom is 0.123 e. The number of ether oxygens (including phenoxy) is 1. The largest absolute Gasteiger partial charge is 0.493 e. The number of aromatic nitrogens is 1. The number of halogens is 1. The van der Waals surface area contributed by atoms with Crippen molar-refractivity contribution in [2.75, 3.05) is 11.0 Å². The van der Waals surface area contributed by atoms with Crippen molar-refractivity contribution < 1.29 is 4.74 Å². The van der Waals surface area contributed by atoms with Crippen LogP contribution in [0.3, 0.4) is 0 Å². The van der Waals surface area contributed by atoms with Gasteiger partial charge < -0.3 is 4.74 Å². The highest BCUT2D eigenvalue weighted by molar-refractivity contribution is 14.1. The van der Waals surface area contributed by atoms with E-state index in [9.17, 15) is 0 Å². The minimum atomic E-state index is 0.673. The van der Waals surface area contributed by atoms with E-state index in [4.69, 9.17) is 9.72 Å². The molecule has 0 saturated carbocycles. The zero-order valence-electron chi connectivity index (χ0n) is 15.8. The normalized spacial score (nSPS) is 15.7. The maximum absolute atomic E-state index is 6.05. The van der Waals surface area contributed by atoms with Crippen LogP contribution < -0.4 is 4.74 Å². The van der Waals surface area contributed by atoms with Gasteiger partial charge in [0.15, 0.2) is 0 Å². The minimum absolute atomic E-state index is 0.673. The van der Waals surface area contributed by atoms with E-state index < -0.39 is 0 Å². The Labute approximate surface area is 179 Å². The smallest absolute Gasteiger partial charge is 0.123 e. The SMILES string of the molecule is Cc1ccc(-c2nc(CCOc3ccc4c(c3)CC[C@H]4CI)c(C)s2)cc1. The summed E-state index contributed by atoms with van der Waals surface area (Å²) in [6, 6.07) is 15.2. The molecule has 0 saturated heterocycles. The molecule has 140 valence electrons. The molecule has 0 amide bonds. The van der Waals surface area contributed by atoms with Crippen molar-refractivity contribution in [3.63, 3.8) is 0 Å². The van der Waals surface area contributed by atoms with E-state index in [1.165, 1.54) is 44.4 Å². The minimum Gasteiger partial charge on any atom is -0.493 e. The van der Waals surface area contributed by atoms with Crippen LogP contribution in [0.4, 0.5) is 0 Å². The number of hydrogen-bond acceptors (Lipinski definition) is 3. The topological polar surface area (TPSA) is 22.1 Å². The van der Waals surface area contributed by atoms with Gasteiger partial charge in [-0.25, -0.2) is 4.98 Å². The van der Waals surface area contributed by atoms with E-state index in [1.54, 1.807) is 11.3 Å². The summed E-state index contributed by atoms with van der Waals surface area (Å²) in [5, 5.41) is 1.10. The van der Waals surface area contributed by atoms with Crippen LogP contribution in [0.25, 0.3) is 10.6 Å². The number of nitrogens with zero attached hydrogens (tertiary/aromatic N) is 1. The summed E-state index contributed by atoms with van der Waals surface area (Å²) in [6.07, 6.45) is 3.31. The molecular weight excluding hydrogens is 465 g/mol. The molecule has 0 bridgehead atoms. The quantitative estimate of drug-likeness (QED) is 0.291. The molecule has 4 heteroatoms. The highest BCUT2D eigenvalue weighted by atomic mass is 127. The number of aryl methyl sites for hydroxylation is 3. The fourth-order valence-corrected chi connectivity index (χ4v) is 5.56. The van der Waals surface area contributed by atoms with E-state index in [1.807, 2.05) is 0 Å². The second-order valence-corrected chi connectivity index (χ2v) is 9.32. The summed E-state index contributed by atoms with van der Waals surface area (Å²) < 4.78 is 7.26. The molecule has 4 rings (SSSR count). The number of hydrogen-bond donors (Lipinski definition) is 0. The Balaban J connectivity index is 1.39. The van der Waals surface area contributed by atoms with Crippen molar-refractivity contribution in [2.24, 2.45) is 0 Å². The highest BCUT2D eigenvalue weighted by Crippen LogP contribution is 2.36. The van der Waals surface area contributed by atoms with E-state index in [2.05, 4.69) is 78.9 Å². The molecule has 0 radical (unpaired) electrons. The fraction of sp³-hybridized carbons (Fsp3) is 0.348. The van der Waals surface area contributed by atoms with Crippen molar-refractivity contribution in [2.45, 2.75) is 39.0 Å². The van der Waals surface area contributed by atoms with Crippen molar-refractivity contribution in [1.82, 2.24) is 4.98 Å². The zero-order chi connectivity index (χ0) is 18.8. The predicted molar refractivity (Wildman–Crippen MR) is 123 cm³/mol. The molecular formula is C23H24INOS. The number of benzene rings is 2. The third-order valence-corrected chi connectivity index (χ3v) is 7.43. The number of fused-ring (bicyclic) bond motifs is 1. The predicted octanol–water partition coefficient (Wildman–Crippen LogP) is 6.51. The van der Waals surface area contributed by atoms with E-state index in [0.29, 0.717) is 6.61 Å². The Hall–Kier alpha value is -1.40. The van der Waals surface area contributed by atoms with E-state index >= 15 is 0 Å². The molecule has 3 aromatic rings. The van der Waals surface area contributed by atoms with Gasteiger partial charge in [0.2, 0.25) is 0 Å². The molecule has 27 heavy (non-hydrogen) atoms. The van der Waals surface area contributed by atoms with Gasteiger partial charge in [-0.15, -0.1) is 11.3 Å². The first-order valence-electron chi connectivity index (χ1n) is 9.49. The average molecular weight is 489 g/mol. The zero-order valence-corrected chi connectivity index (χ0v) is 18.8. The molecule has 1 aliphatic carbocycles. The van der Waals surface area contributed by atoms with Crippen molar-refractivity contribution in [3.8, 4) is 16.3 Å². The number of rotatable bonds is 6. The van der Waals surface area contributed by atoms with Crippen LogP contribution in [0.2, 0.25) is 0 Å². The third-order valence-electron chi connectivity index (χ3n) is 5.30. The lowest BCUT2D eigenvalue weighted by Gasteiger charge is -2.10. The standard InChI is InChI=1S/C23H24INOS/c1-15-3-5-17(6-4-15)23-25-22(16(2)27-23)11-12-26-20-9-10-21-18(13-20)7-8-19(21)14-24/h3-6,9-10,13,19H,7-8,11-12,14H2,1-2H3/t19-/m0/s1. The molecule has 0 unspecified atom stereocenters. The van der Waals surface area contributed by atoms with Crippen molar-refractivity contribution >= 4 is 33.9 Å². The molecule has 1 aromatic heterocycles. The average Bonchev–Trinajstić information content (AvgIpc) is 3.25. The van der Waals surface area contributed by atoms with E-state index in [-0.39, 0.29) is 0 Å². The van der Waals surface area contributed by atoms with Crippen LogP contribution in [-0.4, -0.2) is 16.0 Å². The first kappa shape index (κ1) is 18.9. The second kappa shape index (κ2) is 8.31. The van der Waals surface area contributed by atoms with Crippen molar-refractivity contribution in [3.05, 3.63) is 69.7 Å². The van der Waals surface area contributed by atoms with Gasteiger partial charge in [-0.3, -0.25) is 0 Å². The fourth-order valence-electron chi connectivity index (χ4n) is 3.68. The van der Waals surface area contributed by atoms with Crippen LogP contribution in [-0.2, 0) is 12.8 Å². The number of thiazole rings is 1. The lowest BCUT2D eigenvalue weighted by Crippen LogP contribution is -2.03. The summed E-state index contributed by atoms with van der Waals surface area (Å²) in [6.45, 7) is 4.94. The van der Waals surface area contributed by atoms with Gasteiger partial charge in [0.1, 0.15) is 10.8 Å². The Bertz CT molecular complexity index is 932. The Kier molecular flexibility index (Phi) is 5.83. The maximum atomic E-state index is 6.05. The molecule has 2 aromatic carbocycles. The number of alkyl halides is 1. The molecule has 1 aliphatic rings. The lowest BCUT2D eigenvalue weighted by atomic mass is 10.0. The molecule has 0 spiro atoms. The van der Waals surface area contributed by atoms with E-state index in [0.717, 1.165) is 28.8 Å². The second-order valence-electron chi connectivity index (χ2n) is 7.24. The first-order chi connectivity index (χ1) is 13.1. The Morgan fingerprint density at radius 1 is 1.15 bits per heavy atom. The van der Waals surface area contributed by atoms with Crippen molar-refractivity contribution in [1.29, 1.82) is 0 Å². The summed E-state index contributed by atoms with van der Waals surface area (Å²) in [5.41, 5.74) is 6.63. The summed E-state index contributed by atoms with van der Waals surface area (Å²) in [4.78, 5) is 6.14. The lowest BCUT2D eigenvalue weighted by molar-refractivity contribution is 0.320. The molecule has 1 atom stereocenters. The molecule has 0 aliphatic heterocycles. The first-order valence-corrected chi connectivity index (χ1v) is 11.8. The van der Waals surface area contributed by atoms with Gasteiger partial charge in [0.25, 0.3) is 0 Å². The van der Waals surface area contributed by atoms with Gasteiger partial charge in [0.05, 0.1) is 12.3 Å². The molecule has 0 N–H and O–H groups in total. The van der Waals surface area contributed by atoms with Gasteiger partial charge >= 0.3 is 0 Å². The van der Waals surface area contributed by atoms with Gasteiger partial charge in [-0.1, -0.05) is 58.5 Å². The van der Waals surface area contributed by atoms with Crippen LogP contribution in [0.1, 0.15) is 39.6 Å². The monoisotopic (exact) mass is 489 g/mol. The van der Waals surface area contributed by atoms with Gasteiger partial charge in [0, 0.05) is 21.3 Å². The van der Waals surface area contributed by atoms with Crippen LogP contribution in [0.5, 0.6) is 5.75 Å². The van der Waals surface area contributed by atoms with Crippen LogP contribution in [0, 0.1) is 13.8 Å². The molecule has 0 fully saturated rings. The highest BCUT2D eigenvalue weighted by Gasteiger charge is 2.21. The third kappa shape index (κ3) is 4.21. The summed E-state index contributed by atoms with van der Waals surface area (Å²) in [5.74, 6) is 1.72.